The first kappa shape index (κ1) is 11.7. The van der Waals surface area contributed by atoms with Gasteiger partial charge >= 0.3 is 0 Å². The van der Waals surface area contributed by atoms with Crippen molar-refractivity contribution in [2.45, 2.75) is 33.6 Å². The van der Waals surface area contributed by atoms with Crippen LogP contribution in [0.3, 0.4) is 0 Å². The zero-order valence-electron chi connectivity index (χ0n) is 9.01. The molecule has 1 heteroatoms. The first-order valence-corrected chi connectivity index (χ1v) is 5.14. The summed E-state index contributed by atoms with van der Waals surface area (Å²) >= 11 is 0. The highest BCUT2D eigenvalue weighted by molar-refractivity contribution is 4.90. The Morgan fingerprint density at radius 1 is 1.33 bits per heavy atom. The largest absolute Gasteiger partial charge is 0.303 e. The van der Waals surface area contributed by atoms with Crippen LogP contribution in [0.5, 0.6) is 0 Å². The molecule has 0 bridgehead atoms. The van der Waals surface area contributed by atoms with Crippen LogP contribution in [0.4, 0.5) is 0 Å². The van der Waals surface area contributed by atoms with Gasteiger partial charge in [0.25, 0.3) is 0 Å². The van der Waals surface area contributed by atoms with E-state index in [1.54, 1.807) is 0 Å². The Bertz CT molecular complexity index is 118. The minimum Gasteiger partial charge on any atom is -0.303 e. The van der Waals surface area contributed by atoms with Crippen molar-refractivity contribution in [2.75, 3.05) is 20.1 Å². The molecule has 12 heavy (non-hydrogen) atoms. The van der Waals surface area contributed by atoms with Crippen molar-refractivity contribution >= 4 is 0 Å². The molecule has 1 unspecified atom stereocenters. The van der Waals surface area contributed by atoms with Crippen molar-refractivity contribution in [2.24, 2.45) is 5.92 Å². The highest BCUT2D eigenvalue weighted by Crippen LogP contribution is 2.09. The Hall–Kier alpha value is -0.300. The lowest BCUT2D eigenvalue weighted by atomic mass is 10.0. The second kappa shape index (κ2) is 7.35. The van der Waals surface area contributed by atoms with Crippen molar-refractivity contribution in [1.29, 1.82) is 0 Å². The number of likely N-dealkylation sites (N-methyl/N-ethyl adjacent to an activating group) is 1. The van der Waals surface area contributed by atoms with Crippen LogP contribution in [-0.4, -0.2) is 25.0 Å². The van der Waals surface area contributed by atoms with Gasteiger partial charge in [-0.25, -0.2) is 0 Å². The molecule has 0 saturated carbocycles. The van der Waals surface area contributed by atoms with Gasteiger partial charge in [-0.15, -0.1) is 0 Å². The number of allylic oxidation sites excluding steroid dienone is 1. The lowest BCUT2D eigenvalue weighted by Crippen LogP contribution is -2.21. The molecular weight excluding hydrogens is 146 g/mol. The maximum atomic E-state index is 2.36. The molecule has 1 heterocycles. The van der Waals surface area contributed by atoms with E-state index in [1.807, 2.05) is 13.8 Å². The molecule has 0 amide bonds. The number of hydrogen-bond acceptors (Lipinski definition) is 1. The molecule has 0 aromatic heterocycles. The summed E-state index contributed by atoms with van der Waals surface area (Å²) in [7, 11) is 2.18. The first-order chi connectivity index (χ1) is 5.79. The Morgan fingerprint density at radius 2 is 2.00 bits per heavy atom. The minimum atomic E-state index is 0.800. The minimum absolute atomic E-state index is 0.800. The number of nitrogens with zero attached hydrogens (tertiary/aromatic N) is 1. The average molecular weight is 169 g/mol. The molecule has 1 aliphatic heterocycles. The summed E-state index contributed by atoms with van der Waals surface area (Å²) in [6.45, 7) is 8.68. The molecule has 1 rings (SSSR count). The molecule has 0 aliphatic carbocycles. The summed E-state index contributed by atoms with van der Waals surface area (Å²) in [6.07, 6.45) is 7.31. The Kier molecular flexibility index (Phi) is 7.17. The van der Waals surface area contributed by atoms with Crippen molar-refractivity contribution in [3.63, 3.8) is 0 Å². The van der Waals surface area contributed by atoms with Crippen LogP contribution in [-0.2, 0) is 0 Å². The molecule has 0 fully saturated rings. The Labute approximate surface area is 77.5 Å². The lowest BCUT2D eigenvalue weighted by Gasteiger charge is -2.18. The van der Waals surface area contributed by atoms with E-state index < -0.39 is 0 Å². The van der Waals surface area contributed by atoms with Crippen molar-refractivity contribution < 1.29 is 0 Å². The van der Waals surface area contributed by atoms with E-state index in [-0.39, 0.29) is 0 Å². The van der Waals surface area contributed by atoms with Gasteiger partial charge in [-0.2, -0.15) is 0 Å². The maximum absolute atomic E-state index is 2.36. The molecule has 0 aromatic carbocycles. The van der Waals surface area contributed by atoms with E-state index in [0.717, 1.165) is 12.5 Å². The van der Waals surface area contributed by atoms with Crippen LogP contribution in [0.1, 0.15) is 33.6 Å². The molecule has 1 atom stereocenters. The zero-order chi connectivity index (χ0) is 9.40. The SMILES string of the molecule is CC.CC1/C=C\CN(C)CCC1. The topological polar surface area (TPSA) is 3.24 Å². The summed E-state index contributed by atoms with van der Waals surface area (Å²) in [5, 5.41) is 0. The maximum Gasteiger partial charge on any atom is 0.0160 e. The van der Waals surface area contributed by atoms with Gasteiger partial charge in [0.1, 0.15) is 0 Å². The van der Waals surface area contributed by atoms with Gasteiger partial charge < -0.3 is 4.90 Å². The molecule has 72 valence electrons. The Morgan fingerprint density at radius 3 is 2.67 bits per heavy atom. The van der Waals surface area contributed by atoms with Crippen LogP contribution in [0, 0.1) is 5.92 Å². The third-order valence-corrected chi connectivity index (χ3v) is 2.08. The fourth-order valence-electron chi connectivity index (χ4n) is 1.34. The third kappa shape index (κ3) is 5.36. The molecule has 0 aromatic rings. The predicted octanol–water partition coefficient (Wildman–Crippen LogP) is 2.93. The van der Waals surface area contributed by atoms with Crippen molar-refractivity contribution in [3.05, 3.63) is 12.2 Å². The second-order valence-electron chi connectivity index (χ2n) is 3.31. The standard InChI is InChI=1S/C9H17N.C2H6/c1-9-5-3-7-10(2)8-4-6-9;1-2/h3,5,9H,4,6-8H2,1-2H3;1-2H3/b5-3-;. The van der Waals surface area contributed by atoms with Gasteiger partial charge in [-0.1, -0.05) is 32.9 Å². The molecule has 0 N–H and O–H groups in total. The van der Waals surface area contributed by atoms with Crippen LogP contribution < -0.4 is 0 Å². The van der Waals surface area contributed by atoms with Crippen LogP contribution >= 0.6 is 0 Å². The van der Waals surface area contributed by atoms with Crippen LogP contribution in [0.25, 0.3) is 0 Å². The van der Waals surface area contributed by atoms with Crippen LogP contribution in [0.2, 0.25) is 0 Å². The average Bonchev–Trinajstić information content (AvgIpc) is 2.05. The monoisotopic (exact) mass is 169 g/mol. The summed E-state index contributed by atoms with van der Waals surface area (Å²) in [6, 6.07) is 0. The molecular formula is C11H23N. The summed E-state index contributed by atoms with van der Waals surface area (Å²) < 4.78 is 0. The summed E-state index contributed by atoms with van der Waals surface area (Å²) in [5.41, 5.74) is 0. The van der Waals surface area contributed by atoms with Crippen molar-refractivity contribution in [1.82, 2.24) is 4.90 Å². The lowest BCUT2D eigenvalue weighted by molar-refractivity contribution is 0.343. The third-order valence-electron chi connectivity index (χ3n) is 2.08. The second-order valence-corrected chi connectivity index (χ2v) is 3.31. The van der Waals surface area contributed by atoms with Gasteiger partial charge in [-0.3, -0.25) is 0 Å². The predicted molar refractivity (Wildman–Crippen MR) is 56.4 cm³/mol. The van der Waals surface area contributed by atoms with Gasteiger partial charge in [-0.05, 0) is 32.4 Å². The molecule has 0 radical (unpaired) electrons. The fraction of sp³-hybridized carbons (Fsp3) is 0.818. The highest BCUT2D eigenvalue weighted by Gasteiger charge is 2.02. The van der Waals surface area contributed by atoms with Gasteiger partial charge in [0.05, 0.1) is 0 Å². The number of hydrogen-bond donors (Lipinski definition) is 0. The molecule has 0 spiro atoms. The van der Waals surface area contributed by atoms with Crippen molar-refractivity contribution in [3.8, 4) is 0 Å². The molecule has 1 aliphatic rings. The van der Waals surface area contributed by atoms with Gasteiger partial charge in [0.2, 0.25) is 0 Å². The zero-order valence-corrected chi connectivity index (χ0v) is 9.01. The normalized spacial score (nSPS) is 27.8. The quantitative estimate of drug-likeness (QED) is 0.504. The molecule has 1 nitrogen and oxygen atoms in total. The Balaban J connectivity index is 0.000000561. The first-order valence-electron chi connectivity index (χ1n) is 5.14. The fourth-order valence-corrected chi connectivity index (χ4v) is 1.34. The van der Waals surface area contributed by atoms with Gasteiger partial charge in [0, 0.05) is 6.54 Å². The summed E-state index contributed by atoms with van der Waals surface area (Å²) in [4.78, 5) is 2.36. The smallest absolute Gasteiger partial charge is 0.0160 e. The summed E-state index contributed by atoms with van der Waals surface area (Å²) in [5.74, 6) is 0.800. The van der Waals surface area contributed by atoms with E-state index >= 15 is 0 Å². The van der Waals surface area contributed by atoms with E-state index in [4.69, 9.17) is 0 Å². The number of rotatable bonds is 0. The van der Waals surface area contributed by atoms with E-state index in [2.05, 4.69) is 31.0 Å². The van der Waals surface area contributed by atoms with Gasteiger partial charge in [0.15, 0.2) is 0 Å². The van der Waals surface area contributed by atoms with E-state index in [1.165, 1.54) is 19.4 Å². The van der Waals surface area contributed by atoms with E-state index in [0.29, 0.717) is 0 Å². The van der Waals surface area contributed by atoms with Crippen LogP contribution in [0.15, 0.2) is 12.2 Å². The van der Waals surface area contributed by atoms with E-state index in [9.17, 15) is 0 Å². The molecule has 0 saturated heterocycles. The highest BCUT2D eigenvalue weighted by atomic mass is 15.1.